The van der Waals surface area contributed by atoms with Gasteiger partial charge in [-0.15, -0.1) is 0 Å². The van der Waals surface area contributed by atoms with Crippen molar-refractivity contribution in [3.8, 4) is 40.5 Å². The van der Waals surface area contributed by atoms with Crippen molar-refractivity contribution in [3.05, 3.63) is 205 Å². The molecule has 62 heavy (non-hydrogen) atoms. The number of para-hydroxylation sites is 5. The average molecular weight is 796 g/mol. The lowest BCUT2D eigenvalue weighted by Crippen LogP contribution is -2.31. The van der Waals surface area contributed by atoms with Crippen molar-refractivity contribution < 1.29 is 0 Å². The molecular weight excluding hydrogens is 759 g/mol. The predicted molar refractivity (Wildman–Crippen MR) is 251 cm³/mol. The van der Waals surface area contributed by atoms with Crippen LogP contribution in [0.5, 0.6) is 0 Å². The van der Waals surface area contributed by atoms with Crippen LogP contribution in [0.1, 0.15) is 30.5 Å². The number of hydrogen-bond acceptors (Lipinski definition) is 5. The molecule has 12 rings (SSSR count). The van der Waals surface area contributed by atoms with Crippen molar-refractivity contribution >= 4 is 60.7 Å². The minimum absolute atomic E-state index is 0.332. The molecule has 0 bridgehead atoms. The van der Waals surface area contributed by atoms with Crippen molar-refractivity contribution in [2.75, 3.05) is 4.90 Å². The molecule has 0 atom stereocenters. The van der Waals surface area contributed by atoms with Gasteiger partial charge in [-0.1, -0.05) is 135 Å². The smallest absolute Gasteiger partial charge is 0.238 e. The number of fused-ring (bicyclic) bond motifs is 8. The molecule has 7 heteroatoms. The fourth-order valence-electron chi connectivity index (χ4n) is 9.68. The van der Waals surface area contributed by atoms with Crippen LogP contribution in [0.2, 0.25) is 0 Å². The number of nitrogens with zero attached hydrogens (tertiary/aromatic N) is 7. The topological polar surface area (TPSA) is 75.6 Å². The molecule has 0 saturated heterocycles. The van der Waals surface area contributed by atoms with Crippen LogP contribution in [0.3, 0.4) is 0 Å². The Hall–Kier alpha value is -8.34. The molecule has 3 aromatic heterocycles. The van der Waals surface area contributed by atoms with Crippen LogP contribution in [-0.2, 0) is 5.41 Å². The zero-order chi connectivity index (χ0) is 41.5. The summed E-state index contributed by atoms with van der Waals surface area (Å²) in [5, 5.41) is 15.7. The molecule has 11 aromatic rings. The molecule has 4 heterocycles. The largest absolute Gasteiger partial charge is 0.309 e. The maximum absolute atomic E-state index is 11.1. The molecule has 1 aliphatic rings. The Morgan fingerprint density at radius 2 is 1.00 bits per heavy atom. The quantitative estimate of drug-likeness (QED) is 0.173. The van der Waals surface area contributed by atoms with Gasteiger partial charge in [0, 0.05) is 43.8 Å². The molecule has 0 radical (unpaired) electrons. The fourth-order valence-corrected chi connectivity index (χ4v) is 9.68. The van der Waals surface area contributed by atoms with Gasteiger partial charge >= 0.3 is 0 Å². The Morgan fingerprint density at radius 3 is 1.68 bits per heavy atom. The Labute approximate surface area is 358 Å². The third-order valence-electron chi connectivity index (χ3n) is 12.6. The van der Waals surface area contributed by atoms with E-state index in [-0.39, 0.29) is 5.41 Å². The number of benzene rings is 8. The highest BCUT2D eigenvalue weighted by molar-refractivity contribution is 6.12. The van der Waals surface area contributed by atoms with E-state index in [4.69, 9.17) is 15.0 Å². The first-order valence-corrected chi connectivity index (χ1v) is 20.9. The number of aromatic nitrogens is 5. The molecule has 0 aliphatic carbocycles. The highest BCUT2D eigenvalue weighted by Gasteiger charge is 2.38. The summed E-state index contributed by atoms with van der Waals surface area (Å²) in [7, 11) is 0. The molecule has 8 aromatic carbocycles. The Kier molecular flexibility index (Phi) is 7.81. The van der Waals surface area contributed by atoms with Crippen LogP contribution in [0.4, 0.5) is 17.1 Å². The van der Waals surface area contributed by atoms with E-state index in [1.165, 1.54) is 21.9 Å². The minimum Gasteiger partial charge on any atom is -0.309 e. The summed E-state index contributed by atoms with van der Waals surface area (Å²) in [6.45, 7) is 4.61. The third kappa shape index (κ3) is 5.27. The summed E-state index contributed by atoms with van der Waals surface area (Å²) >= 11 is 0. The zero-order valence-corrected chi connectivity index (χ0v) is 34.0. The van der Waals surface area contributed by atoms with Crippen molar-refractivity contribution in [1.29, 1.82) is 5.26 Å². The minimum atomic E-state index is -0.332. The van der Waals surface area contributed by atoms with Crippen molar-refractivity contribution in [2.45, 2.75) is 19.3 Å². The maximum atomic E-state index is 11.1. The van der Waals surface area contributed by atoms with Gasteiger partial charge in [0.25, 0.3) is 0 Å². The fraction of sp³-hybridized carbons (Fsp3) is 0.0545. The molecule has 0 fully saturated rings. The highest BCUT2D eigenvalue weighted by Crippen LogP contribution is 2.54. The SMILES string of the molecule is CC1(C)c2ccccc2N(c2ccc(-c3nc(-c4ccccc4)nc(-n4c5ccccc5c5ccccc54)n3)cc2C#N)c2cc3c(cc21)c1ccccc1n3-c1ccccc1. The van der Waals surface area contributed by atoms with Crippen LogP contribution in [-0.4, -0.2) is 24.1 Å². The molecule has 292 valence electrons. The predicted octanol–water partition coefficient (Wildman–Crippen LogP) is 13.4. The first-order valence-electron chi connectivity index (χ1n) is 20.9. The van der Waals surface area contributed by atoms with Gasteiger partial charge in [0.15, 0.2) is 11.6 Å². The molecule has 1 aliphatic heterocycles. The second-order valence-corrected chi connectivity index (χ2v) is 16.4. The standard InChI is InChI=1S/C55H37N7/c1-55(2)43-24-12-16-28-49(43)61(51-33-50-42(32-44(51)55)41-23-11-13-25-46(41)60(50)38-19-7-4-8-20-38)45-30-29-36(31-37(45)34-56)53-57-52(35-17-5-3-6-18-35)58-54(59-53)62-47-26-14-9-21-39(47)40-22-10-15-27-48(40)62/h3-33H,1-2H3. The second kappa shape index (κ2) is 13.6. The van der Waals surface area contributed by atoms with Gasteiger partial charge in [0.1, 0.15) is 6.07 Å². The lowest BCUT2D eigenvalue weighted by molar-refractivity contribution is 0.633. The van der Waals surface area contributed by atoms with E-state index in [9.17, 15) is 5.26 Å². The van der Waals surface area contributed by atoms with E-state index in [1.54, 1.807) is 0 Å². The van der Waals surface area contributed by atoms with Gasteiger partial charge in [-0.2, -0.15) is 15.2 Å². The van der Waals surface area contributed by atoms with E-state index in [2.05, 4.69) is 167 Å². The lowest BCUT2D eigenvalue weighted by Gasteiger charge is -2.42. The van der Waals surface area contributed by atoms with Gasteiger partial charge in [0.2, 0.25) is 5.95 Å². The molecule has 0 amide bonds. The molecule has 7 nitrogen and oxygen atoms in total. The first-order chi connectivity index (χ1) is 30.5. The van der Waals surface area contributed by atoms with Crippen LogP contribution in [0.15, 0.2) is 188 Å². The summed E-state index contributed by atoms with van der Waals surface area (Å²) in [4.78, 5) is 17.7. The number of hydrogen-bond donors (Lipinski definition) is 0. The lowest BCUT2D eigenvalue weighted by atomic mass is 9.73. The van der Waals surface area contributed by atoms with Gasteiger partial charge in [-0.05, 0) is 77.9 Å². The average Bonchev–Trinajstić information content (AvgIpc) is 3.84. The molecule has 0 spiro atoms. The van der Waals surface area contributed by atoms with Crippen molar-refractivity contribution in [1.82, 2.24) is 24.1 Å². The molecular formula is C55H37N7. The Bertz CT molecular complexity index is 3580. The van der Waals surface area contributed by atoms with Gasteiger partial charge < -0.3 is 9.47 Å². The van der Waals surface area contributed by atoms with E-state index in [0.29, 0.717) is 23.2 Å². The van der Waals surface area contributed by atoms with E-state index in [1.807, 2.05) is 54.6 Å². The van der Waals surface area contributed by atoms with Gasteiger partial charge in [-0.3, -0.25) is 4.57 Å². The first kappa shape index (κ1) is 35.6. The third-order valence-corrected chi connectivity index (χ3v) is 12.6. The van der Waals surface area contributed by atoms with Crippen LogP contribution in [0.25, 0.3) is 78.0 Å². The van der Waals surface area contributed by atoms with Gasteiger partial charge in [0.05, 0.1) is 44.7 Å². The monoisotopic (exact) mass is 795 g/mol. The van der Waals surface area contributed by atoms with Crippen molar-refractivity contribution in [3.63, 3.8) is 0 Å². The summed E-state index contributed by atoms with van der Waals surface area (Å²) in [5.74, 6) is 1.54. The molecule has 0 saturated carbocycles. The van der Waals surface area contributed by atoms with E-state index >= 15 is 0 Å². The summed E-state index contributed by atoms with van der Waals surface area (Å²) in [6.07, 6.45) is 0. The maximum Gasteiger partial charge on any atom is 0.238 e. The summed E-state index contributed by atoms with van der Waals surface area (Å²) < 4.78 is 4.46. The number of rotatable bonds is 5. The number of anilines is 3. The van der Waals surface area contributed by atoms with Crippen LogP contribution < -0.4 is 4.90 Å². The number of nitriles is 1. The van der Waals surface area contributed by atoms with Crippen molar-refractivity contribution in [2.24, 2.45) is 0 Å². The zero-order valence-electron chi connectivity index (χ0n) is 34.0. The van der Waals surface area contributed by atoms with E-state index in [0.717, 1.165) is 66.7 Å². The molecule has 0 N–H and O–H groups in total. The second-order valence-electron chi connectivity index (χ2n) is 16.4. The summed E-state index contributed by atoms with van der Waals surface area (Å²) in [6, 6.07) is 67.7. The molecule has 0 unspecified atom stereocenters. The van der Waals surface area contributed by atoms with Gasteiger partial charge in [-0.25, -0.2) is 4.98 Å². The normalized spacial score (nSPS) is 13.1. The van der Waals surface area contributed by atoms with E-state index < -0.39 is 0 Å². The highest BCUT2D eigenvalue weighted by atomic mass is 15.2. The summed E-state index contributed by atoms with van der Waals surface area (Å²) in [5.41, 5.74) is 12.3. The Morgan fingerprint density at radius 1 is 0.435 bits per heavy atom. The van der Waals surface area contributed by atoms with Crippen LogP contribution >= 0.6 is 0 Å². The Balaban J connectivity index is 1.08. The van der Waals surface area contributed by atoms with Crippen LogP contribution in [0, 0.1) is 11.3 Å².